The van der Waals surface area contributed by atoms with Gasteiger partial charge in [0.1, 0.15) is 5.82 Å². The second-order valence-electron chi connectivity index (χ2n) is 6.44. The van der Waals surface area contributed by atoms with Gasteiger partial charge in [0.15, 0.2) is 5.65 Å². The van der Waals surface area contributed by atoms with Crippen molar-refractivity contribution in [3.05, 3.63) is 52.6 Å². The van der Waals surface area contributed by atoms with Crippen LogP contribution in [0.3, 0.4) is 0 Å². The topological polar surface area (TPSA) is 86.2 Å². The van der Waals surface area contributed by atoms with Crippen LogP contribution in [0.4, 0.5) is 0 Å². The Balaban J connectivity index is 1.36. The molecule has 130 valence electrons. The lowest BCUT2D eigenvalue weighted by Crippen LogP contribution is -2.41. The first kappa shape index (κ1) is 15.6. The normalized spacial score (nSPS) is 16.8. The summed E-state index contributed by atoms with van der Waals surface area (Å²) < 4.78 is 4.92. The first-order valence-electron chi connectivity index (χ1n) is 8.46. The number of carbonyl (C=O) groups is 1. The number of pyridine rings is 1. The summed E-state index contributed by atoms with van der Waals surface area (Å²) in [5.74, 6) is 1.02. The van der Waals surface area contributed by atoms with Crippen molar-refractivity contribution < 1.29 is 4.79 Å². The molecule has 0 saturated carbocycles. The maximum Gasteiger partial charge on any atom is 0.350 e. The Bertz CT molecular complexity index is 983. The van der Waals surface area contributed by atoms with Crippen molar-refractivity contribution in [3.63, 3.8) is 0 Å². The van der Waals surface area contributed by atoms with Gasteiger partial charge >= 0.3 is 5.69 Å². The average Bonchev–Trinajstić information content (AvgIpc) is 3.12. The lowest BCUT2D eigenvalue weighted by atomic mass is 10.1. The van der Waals surface area contributed by atoms with Gasteiger partial charge in [-0.3, -0.25) is 9.20 Å². The summed E-state index contributed by atoms with van der Waals surface area (Å²) in [6.07, 6.45) is 5.68. The molecule has 0 saturated heterocycles. The highest BCUT2D eigenvalue weighted by Crippen LogP contribution is 2.15. The molecule has 3 aromatic heterocycles. The van der Waals surface area contributed by atoms with Crippen molar-refractivity contribution >= 4 is 11.6 Å². The second kappa shape index (κ2) is 6.19. The van der Waals surface area contributed by atoms with E-state index in [0.29, 0.717) is 5.65 Å². The van der Waals surface area contributed by atoms with Crippen molar-refractivity contribution in [2.75, 3.05) is 0 Å². The van der Waals surface area contributed by atoms with E-state index in [1.807, 2.05) is 19.2 Å². The zero-order valence-corrected chi connectivity index (χ0v) is 14.1. The van der Waals surface area contributed by atoms with Crippen LogP contribution in [0.1, 0.15) is 24.4 Å². The molecule has 0 bridgehead atoms. The molecular weight excluding hydrogens is 320 g/mol. The molecule has 0 spiro atoms. The third-order valence-electron chi connectivity index (χ3n) is 4.52. The van der Waals surface area contributed by atoms with E-state index in [2.05, 4.69) is 20.0 Å². The van der Waals surface area contributed by atoms with Crippen LogP contribution in [0.2, 0.25) is 0 Å². The standard InChI is InChI=1S/C17H20N6O2/c1-12-10-21-11-13(5-6-14(21)18-12)19-16(24)7-9-23-17(25)22-8-3-2-4-15(22)20-23/h2-4,8,10,13H,5-7,9,11H2,1H3,(H,19,24)/t13-/m1/s1. The van der Waals surface area contributed by atoms with E-state index in [0.717, 1.165) is 30.9 Å². The second-order valence-corrected chi connectivity index (χ2v) is 6.44. The van der Waals surface area contributed by atoms with Gasteiger partial charge in [0, 0.05) is 37.8 Å². The van der Waals surface area contributed by atoms with Crippen molar-refractivity contribution in [2.45, 2.75) is 45.3 Å². The van der Waals surface area contributed by atoms with E-state index in [1.165, 1.54) is 9.08 Å². The number of hydrogen-bond acceptors (Lipinski definition) is 4. The number of amides is 1. The third-order valence-corrected chi connectivity index (χ3v) is 4.52. The summed E-state index contributed by atoms with van der Waals surface area (Å²) in [4.78, 5) is 28.9. The van der Waals surface area contributed by atoms with E-state index in [9.17, 15) is 9.59 Å². The summed E-state index contributed by atoms with van der Waals surface area (Å²) >= 11 is 0. The van der Waals surface area contributed by atoms with Crippen LogP contribution in [-0.4, -0.2) is 35.7 Å². The van der Waals surface area contributed by atoms with Crippen LogP contribution in [0.25, 0.3) is 5.65 Å². The Hall–Kier alpha value is -2.90. The first-order chi connectivity index (χ1) is 12.1. The molecule has 0 aromatic carbocycles. The van der Waals surface area contributed by atoms with Gasteiger partial charge in [-0.15, -0.1) is 5.10 Å². The molecule has 0 aliphatic carbocycles. The van der Waals surface area contributed by atoms with E-state index in [-0.39, 0.29) is 30.6 Å². The van der Waals surface area contributed by atoms with Crippen LogP contribution < -0.4 is 11.0 Å². The number of aromatic nitrogens is 5. The minimum Gasteiger partial charge on any atom is -0.352 e. The van der Waals surface area contributed by atoms with Crippen molar-refractivity contribution in [2.24, 2.45) is 0 Å². The predicted octanol–water partition coefficient (Wildman–Crippen LogP) is 0.522. The molecule has 3 aromatic rings. The fourth-order valence-corrected chi connectivity index (χ4v) is 3.33. The molecule has 4 rings (SSSR count). The quantitative estimate of drug-likeness (QED) is 0.750. The molecule has 1 amide bonds. The molecule has 1 N–H and O–H groups in total. The van der Waals surface area contributed by atoms with Crippen molar-refractivity contribution in [1.29, 1.82) is 0 Å². The fraction of sp³-hybridized carbons (Fsp3) is 0.412. The molecule has 8 nitrogen and oxygen atoms in total. The lowest BCUT2D eigenvalue weighted by Gasteiger charge is -2.24. The Morgan fingerprint density at radius 3 is 3.12 bits per heavy atom. The number of hydrogen-bond donors (Lipinski definition) is 1. The van der Waals surface area contributed by atoms with Crippen LogP contribution in [0.5, 0.6) is 0 Å². The van der Waals surface area contributed by atoms with Crippen molar-refractivity contribution in [1.82, 2.24) is 29.0 Å². The fourth-order valence-electron chi connectivity index (χ4n) is 3.33. The molecule has 4 heterocycles. The molecule has 1 atom stereocenters. The number of rotatable bonds is 4. The van der Waals surface area contributed by atoms with Gasteiger partial charge in [-0.2, -0.15) is 0 Å². The maximum absolute atomic E-state index is 12.2. The lowest BCUT2D eigenvalue weighted by molar-refractivity contribution is -0.122. The van der Waals surface area contributed by atoms with Gasteiger partial charge in [0.25, 0.3) is 0 Å². The summed E-state index contributed by atoms with van der Waals surface area (Å²) in [6.45, 7) is 3.00. The Kier molecular flexibility index (Phi) is 3.87. The molecular formula is C17H20N6O2. The SMILES string of the molecule is Cc1cn2c(n1)CC[C@@H](NC(=O)CCn1nc3ccccn3c1=O)C2. The molecule has 8 heteroatoms. The van der Waals surface area contributed by atoms with Gasteiger partial charge in [0.05, 0.1) is 12.2 Å². The minimum atomic E-state index is -0.223. The predicted molar refractivity (Wildman–Crippen MR) is 91.3 cm³/mol. The zero-order chi connectivity index (χ0) is 17.4. The maximum atomic E-state index is 12.2. The zero-order valence-electron chi connectivity index (χ0n) is 14.1. The number of nitrogens with zero attached hydrogens (tertiary/aromatic N) is 5. The highest BCUT2D eigenvalue weighted by molar-refractivity contribution is 5.76. The largest absolute Gasteiger partial charge is 0.352 e. The van der Waals surface area contributed by atoms with E-state index in [1.54, 1.807) is 18.3 Å². The van der Waals surface area contributed by atoms with Crippen LogP contribution >= 0.6 is 0 Å². The third kappa shape index (κ3) is 3.07. The van der Waals surface area contributed by atoms with E-state index < -0.39 is 0 Å². The van der Waals surface area contributed by atoms with Crippen molar-refractivity contribution in [3.8, 4) is 0 Å². The monoisotopic (exact) mass is 340 g/mol. The highest BCUT2D eigenvalue weighted by atomic mass is 16.2. The summed E-state index contributed by atoms with van der Waals surface area (Å²) in [6, 6.07) is 5.48. The molecule has 0 radical (unpaired) electrons. The van der Waals surface area contributed by atoms with Crippen LogP contribution in [-0.2, 0) is 24.3 Å². The van der Waals surface area contributed by atoms with E-state index in [4.69, 9.17) is 0 Å². The van der Waals surface area contributed by atoms with Gasteiger partial charge in [-0.25, -0.2) is 14.5 Å². The first-order valence-corrected chi connectivity index (χ1v) is 8.46. The van der Waals surface area contributed by atoms with Gasteiger partial charge in [-0.05, 0) is 25.5 Å². The van der Waals surface area contributed by atoms with Gasteiger partial charge in [0.2, 0.25) is 5.91 Å². The van der Waals surface area contributed by atoms with Crippen LogP contribution in [0.15, 0.2) is 35.4 Å². The molecule has 0 unspecified atom stereocenters. The Morgan fingerprint density at radius 1 is 1.40 bits per heavy atom. The molecule has 1 aliphatic heterocycles. The number of carbonyl (C=O) groups excluding carboxylic acids is 1. The average molecular weight is 340 g/mol. The molecule has 1 aliphatic rings. The minimum absolute atomic E-state index is 0.0609. The van der Waals surface area contributed by atoms with Gasteiger partial charge in [-0.1, -0.05) is 6.07 Å². The highest BCUT2D eigenvalue weighted by Gasteiger charge is 2.21. The number of imidazole rings is 1. The number of aryl methyl sites for hydroxylation is 3. The van der Waals surface area contributed by atoms with Crippen LogP contribution in [0, 0.1) is 6.92 Å². The summed E-state index contributed by atoms with van der Waals surface area (Å²) in [5.41, 5.74) is 1.37. The van der Waals surface area contributed by atoms with Gasteiger partial charge < -0.3 is 9.88 Å². The number of nitrogens with one attached hydrogen (secondary N) is 1. The smallest absolute Gasteiger partial charge is 0.350 e. The summed E-state index contributed by atoms with van der Waals surface area (Å²) in [5, 5.41) is 7.29. The Morgan fingerprint density at radius 2 is 2.28 bits per heavy atom. The van der Waals surface area contributed by atoms with E-state index >= 15 is 0 Å². The Labute approximate surface area is 144 Å². The number of fused-ring (bicyclic) bond motifs is 2. The molecule has 0 fully saturated rings. The molecule has 25 heavy (non-hydrogen) atoms. The summed E-state index contributed by atoms with van der Waals surface area (Å²) in [7, 11) is 0.